The summed E-state index contributed by atoms with van der Waals surface area (Å²) in [6, 6.07) is 7.03. The highest BCUT2D eigenvalue weighted by Gasteiger charge is 2.34. The van der Waals surface area contributed by atoms with Gasteiger partial charge in [-0.3, -0.25) is 14.4 Å². The molecule has 0 bridgehead atoms. The maximum atomic E-state index is 12.9. The van der Waals surface area contributed by atoms with E-state index in [1.165, 1.54) is 6.92 Å². The fourth-order valence-electron chi connectivity index (χ4n) is 2.79. The zero-order valence-electron chi connectivity index (χ0n) is 19.4. The predicted molar refractivity (Wildman–Crippen MR) is 116 cm³/mol. The van der Waals surface area contributed by atoms with Crippen molar-refractivity contribution in [2.24, 2.45) is 5.41 Å². The molecular weight excluding hydrogens is 400 g/mol. The number of hydrogen-bond donors (Lipinski definition) is 2. The summed E-state index contributed by atoms with van der Waals surface area (Å²) in [5, 5.41) is 5.05. The molecule has 8 nitrogen and oxygen atoms in total. The van der Waals surface area contributed by atoms with Gasteiger partial charge in [-0.2, -0.15) is 0 Å². The lowest BCUT2D eigenvalue weighted by atomic mass is 9.84. The molecule has 172 valence electrons. The van der Waals surface area contributed by atoms with Gasteiger partial charge in [-0.25, -0.2) is 4.79 Å². The van der Waals surface area contributed by atoms with Crippen molar-refractivity contribution in [2.75, 3.05) is 0 Å². The van der Waals surface area contributed by atoms with E-state index in [9.17, 15) is 19.2 Å². The van der Waals surface area contributed by atoms with Crippen LogP contribution in [0, 0.1) is 5.41 Å². The molecule has 0 aliphatic rings. The van der Waals surface area contributed by atoms with Gasteiger partial charge in [-0.05, 0) is 38.7 Å². The second-order valence-corrected chi connectivity index (χ2v) is 9.47. The van der Waals surface area contributed by atoms with Gasteiger partial charge in [-0.15, -0.1) is 0 Å². The second kappa shape index (κ2) is 10.9. The molecule has 0 saturated carbocycles. The number of rotatable bonds is 8. The third-order valence-electron chi connectivity index (χ3n) is 4.18. The fourth-order valence-corrected chi connectivity index (χ4v) is 2.79. The number of nitrogens with one attached hydrogen (secondary N) is 2. The Morgan fingerprint density at radius 1 is 0.935 bits per heavy atom. The number of Topliss-reactive ketones (excluding diaryl/α,β-unsaturated/α-hetero) is 1. The topological polar surface area (TPSA) is 111 Å². The standard InChI is InChI=1S/C23H34N2O6/c1-15(26)19(22(2,3)4)25-20(28)17(24-21(29)31-23(5,6)7)13-18(27)30-14-16-11-9-8-10-12-16/h8-12,17,19H,13-14H2,1-7H3,(H,24,29)(H,25,28). The minimum absolute atomic E-state index is 0.0402. The first-order valence-electron chi connectivity index (χ1n) is 10.2. The zero-order valence-corrected chi connectivity index (χ0v) is 19.4. The van der Waals surface area contributed by atoms with Crippen molar-refractivity contribution >= 4 is 23.8 Å². The van der Waals surface area contributed by atoms with E-state index in [-0.39, 0.29) is 12.4 Å². The number of carbonyl (C=O) groups is 4. The van der Waals surface area contributed by atoms with Crippen molar-refractivity contribution < 1.29 is 28.7 Å². The van der Waals surface area contributed by atoms with Crippen LogP contribution in [0.3, 0.4) is 0 Å². The summed E-state index contributed by atoms with van der Waals surface area (Å²) >= 11 is 0. The summed E-state index contributed by atoms with van der Waals surface area (Å²) in [6.07, 6.45) is -1.26. The minimum atomic E-state index is -1.26. The third-order valence-corrected chi connectivity index (χ3v) is 4.18. The van der Waals surface area contributed by atoms with Crippen LogP contribution in [-0.2, 0) is 30.5 Å². The van der Waals surface area contributed by atoms with Gasteiger partial charge in [0.25, 0.3) is 0 Å². The first kappa shape index (κ1) is 26.1. The van der Waals surface area contributed by atoms with Crippen molar-refractivity contribution in [3.63, 3.8) is 0 Å². The van der Waals surface area contributed by atoms with Crippen LogP contribution >= 0.6 is 0 Å². The normalized spacial score (nSPS) is 13.5. The lowest BCUT2D eigenvalue weighted by Crippen LogP contribution is -2.56. The largest absolute Gasteiger partial charge is 0.461 e. The molecule has 0 aliphatic carbocycles. The van der Waals surface area contributed by atoms with Crippen LogP contribution in [0.15, 0.2) is 30.3 Å². The SMILES string of the molecule is CC(=O)C(NC(=O)C(CC(=O)OCc1ccccc1)NC(=O)OC(C)(C)C)C(C)(C)C. The Kier molecular flexibility index (Phi) is 9.21. The van der Waals surface area contributed by atoms with Crippen LogP contribution in [0.4, 0.5) is 4.79 Å². The van der Waals surface area contributed by atoms with Crippen molar-refractivity contribution in [2.45, 2.75) is 79.2 Å². The van der Waals surface area contributed by atoms with Crippen LogP contribution in [0.5, 0.6) is 0 Å². The monoisotopic (exact) mass is 434 g/mol. The number of ketones is 1. The van der Waals surface area contributed by atoms with E-state index >= 15 is 0 Å². The van der Waals surface area contributed by atoms with Crippen LogP contribution < -0.4 is 10.6 Å². The van der Waals surface area contributed by atoms with Gasteiger partial charge in [0.15, 0.2) is 5.78 Å². The summed E-state index contributed by atoms with van der Waals surface area (Å²) in [5.41, 5.74) is -0.542. The zero-order chi connectivity index (χ0) is 23.8. The van der Waals surface area contributed by atoms with Crippen LogP contribution in [-0.4, -0.2) is 41.4 Å². The summed E-state index contributed by atoms with van der Waals surface area (Å²) < 4.78 is 10.4. The summed E-state index contributed by atoms with van der Waals surface area (Å²) in [4.78, 5) is 49.5. The van der Waals surface area contributed by atoms with Crippen LogP contribution in [0.25, 0.3) is 0 Å². The van der Waals surface area contributed by atoms with E-state index in [1.54, 1.807) is 32.9 Å². The van der Waals surface area contributed by atoms with Crippen molar-refractivity contribution in [1.29, 1.82) is 0 Å². The highest BCUT2D eigenvalue weighted by molar-refractivity contribution is 5.93. The molecule has 0 aromatic heterocycles. The summed E-state index contributed by atoms with van der Waals surface area (Å²) in [6.45, 7) is 11.9. The molecule has 1 rings (SSSR count). The number of amides is 2. The average molecular weight is 435 g/mol. The Labute approximate surface area is 184 Å². The Morgan fingerprint density at radius 2 is 1.52 bits per heavy atom. The highest BCUT2D eigenvalue weighted by Crippen LogP contribution is 2.20. The van der Waals surface area contributed by atoms with Gasteiger partial charge >= 0.3 is 12.1 Å². The molecule has 1 aromatic carbocycles. The number of esters is 1. The third kappa shape index (κ3) is 10.1. The minimum Gasteiger partial charge on any atom is -0.461 e. The molecule has 0 aliphatic heterocycles. The molecule has 2 atom stereocenters. The smallest absolute Gasteiger partial charge is 0.408 e. The molecule has 0 fully saturated rings. The quantitative estimate of drug-likeness (QED) is 0.608. The number of benzene rings is 1. The maximum absolute atomic E-state index is 12.9. The number of hydrogen-bond acceptors (Lipinski definition) is 6. The Balaban J connectivity index is 2.90. The second-order valence-electron chi connectivity index (χ2n) is 9.47. The van der Waals surface area contributed by atoms with Gasteiger partial charge in [0, 0.05) is 0 Å². The maximum Gasteiger partial charge on any atom is 0.408 e. The van der Waals surface area contributed by atoms with Gasteiger partial charge in [0.2, 0.25) is 5.91 Å². The van der Waals surface area contributed by atoms with Gasteiger partial charge in [-0.1, -0.05) is 51.1 Å². The molecule has 0 spiro atoms. The number of alkyl carbamates (subject to hydrolysis) is 1. The van der Waals surface area contributed by atoms with E-state index < -0.39 is 47.5 Å². The molecule has 2 N–H and O–H groups in total. The Hall–Kier alpha value is -2.90. The first-order valence-corrected chi connectivity index (χ1v) is 10.2. The fraction of sp³-hybridized carbons (Fsp3) is 0.565. The van der Waals surface area contributed by atoms with Crippen LogP contribution in [0.1, 0.15) is 60.5 Å². The van der Waals surface area contributed by atoms with Gasteiger partial charge < -0.3 is 20.1 Å². The molecule has 0 heterocycles. The molecule has 31 heavy (non-hydrogen) atoms. The predicted octanol–water partition coefficient (Wildman–Crippen LogP) is 3.13. The first-order chi connectivity index (χ1) is 14.2. The van der Waals surface area contributed by atoms with Crippen molar-refractivity contribution in [1.82, 2.24) is 10.6 Å². The summed E-state index contributed by atoms with van der Waals surface area (Å²) in [7, 11) is 0. The van der Waals surface area contributed by atoms with E-state index in [2.05, 4.69) is 10.6 Å². The Morgan fingerprint density at radius 3 is 2.00 bits per heavy atom. The number of ether oxygens (including phenoxy) is 2. The molecular formula is C23H34N2O6. The Bertz CT molecular complexity index is 777. The van der Waals surface area contributed by atoms with E-state index in [0.717, 1.165) is 5.56 Å². The molecule has 1 aromatic rings. The van der Waals surface area contributed by atoms with Gasteiger partial charge in [0.1, 0.15) is 18.2 Å². The molecule has 0 saturated heterocycles. The molecule has 8 heteroatoms. The number of carbonyl (C=O) groups excluding carboxylic acids is 4. The van der Waals surface area contributed by atoms with Crippen molar-refractivity contribution in [3.8, 4) is 0 Å². The van der Waals surface area contributed by atoms with E-state index in [0.29, 0.717) is 0 Å². The van der Waals surface area contributed by atoms with E-state index in [4.69, 9.17) is 9.47 Å². The molecule has 0 radical (unpaired) electrons. The lowest BCUT2D eigenvalue weighted by molar-refractivity contribution is -0.147. The van der Waals surface area contributed by atoms with Crippen LogP contribution in [0.2, 0.25) is 0 Å². The van der Waals surface area contributed by atoms with Crippen molar-refractivity contribution in [3.05, 3.63) is 35.9 Å². The lowest BCUT2D eigenvalue weighted by Gasteiger charge is -2.31. The van der Waals surface area contributed by atoms with Gasteiger partial charge in [0.05, 0.1) is 12.5 Å². The highest BCUT2D eigenvalue weighted by atomic mass is 16.6. The summed E-state index contributed by atoms with van der Waals surface area (Å²) in [5.74, 6) is -1.57. The molecule has 2 amide bonds. The molecule has 2 unspecified atom stereocenters. The average Bonchev–Trinajstić information content (AvgIpc) is 2.61. The van der Waals surface area contributed by atoms with E-state index in [1.807, 2.05) is 39.0 Å².